The Bertz CT molecular complexity index is 574. The van der Waals surface area contributed by atoms with E-state index in [-0.39, 0.29) is 0 Å². The van der Waals surface area contributed by atoms with Crippen LogP contribution in [-0.2, 0) is 19.3 Å². The molecule has 0 amide bonds. The molecule has 24 heavy (non-hydrogen) atoms. The van der Waals surface area contributed by atoms with Crippen molar-refractivity contribution < 1.29 is 0 Å². The average molecular weight is 323 g/mol. The number of aryl methyl sites for hydroxylation is 1. The molecule has 0 heterocycles. The van der Waals surface area contributed by atoms with Gasteiger partial charge < -0.3 is 0 Å². The molecular weight excluding hydrogens is 288 g/mol. The molecule has 0 saturated carbocycles. The summed E-state index contributed by atoms with van der Waals surface area (Å²) in [5, 5.41) is 0. The SMILES string of the molecule is CCCCCc1ccc(C[C@@H](C)c2ccc(CC(C)C)cc2)cc1. The molecule has 0 aliphatic carbocycles. The fraction of sp³-hybridized carbons (Fsp3) is 0.500. The maximum Gasteiger partial charge on any atom is -0.0150 e. The molecule has 0 fully saturated rings. The lowest BCUT2D eigenvalue weighted by Crippen LogP contribution is -2.00. The van der Waals surface area contributed by atoms with Crippen LogP contribution in [0.2, 0.25) is 0 Å². The van der Waals surface area contributed by atoms with E-state index in [1.54, 1.807) is 0 Å². The fourth-order valence-corrected chi connectivity index (χ4v) is 3.35. The Hall–Kier alpha value is -1.56. The van der Waals surface area contributed by atoms with E-state index in [2.05, 4.69) is 76.2 Å². The summed E-state index contributed by atoms with van der Waals surface area (Å²) in [5.74, 6) is 1.30. The lowest BCUT2D eigenvalue weighted by Gasteiger charge is -2.14. The molecule has 0 N–H and O–H groups in total. The fourth-order valence-electron chi connectivity index (χ4n) is 3.35. The summed E-state index contributed by atoms with van der Waals surface area (Å²) in [5.41, 5.74) is 5.85. The summed E-state index contributed by atoms with van der Waals surface area (Å²) in [6, 6.07) is 18.6. The molecule has 0 bridgehead atoms. The van der Waals surface area contributed by atoms with E-state index in [9.17, 15) is 0 Å². The lowest BCUT2D eigenvalue weighted by molar-refractivity contribution is 0.646. The Kier molecular flexibility index (Phi) is 7.56. The van der Waals surface area contributed by atoms with Crippen molar-refractivity contribution in [1.29, 1.82) is 0 Å². The largest absolute Gasteiger partial charge is 0.0654 e. The van der Waals surface area contributed by atoms with Gasteiger partial charge in [-0.3, -0.25) is 0 Å². The van der Waals surface area contributed by atoms with Crippen molar-refractivity contribution in [2.45, 2.75) is 72.1 Å². The molecule has 2 aromatic carbocycles. The highest BCUT2D eigenvalue weighted by molar-refractivity contribution is 5.29. The van der Waals surface area contributed by atoms with E-state index in [4.69, 9.17) is 0 Å². The zero-order valence-electron chi connectivity index (χ0n) is 16.0. The first kappa shape index (κ1) is 18.8. The molecule has 2 aromatic rings. The smallest absolute Gasteiger partial charge is 0.0150 e. The summed E-state index contributed by atoms with van der Waals surface area (Å²) < 4.78 is 0. The number of benzene rings is 2. The van der Waals surface area contributed by atoms with Crippen LogP contribution < -0.4 is 0 Å². The van der Waals surface area contributed by atoms with Crippen LogP contribution in [0.15, 0.2) is 48.5 Å². The zero-order valence-corrected chi connectivity index (χ0v) is 16.0. The van der Waals surface area contributed by atoms with Gasteiger partial charge in [0.2, 0.25) is 0 Å². The third kappa shape index (κ3) is 6.15. The second-order valence-corrected chi connectivity index (χ2v) is 7.72. The molecule has 1 atom stereocenters. The lowest BCUT2D eigenvalue weighted by atomic mass is 9.91. The molecule has 0 nitrogen and oxygen atoms in total. The van der Waals surface area contributed by atoms with Crippen LogP contribution in [0.3, 0.4) is 0 Å². The van der Waals surface area contributed by atoms with E-state index >= 15 is 0 Å². The highest BCUT2D eigenvalue weighted by Gasteiger charge is 2.07. The van der Waals surface area contributed by atoms with Crippen LogP contribution in [0.5, 0.6) is 0 Å². The minimum Gasteiger partial charge on any atom is -0.0654 e. The van der Waals surface area contributed by atoms with Crippen LogP contribution in [0, 0.1) is 5.92 Å². The standard InChI is InChI=1S/C24H34/c1-5-6-7-8-21-9-11-23(12-10-21)18-20(4)24-15-13-22(14-16-24)17-19(2)3/h9-16,19-20H,5-8,17-18H2,1-4H3/t20-/m1/s1. The molecule has 0 spiro atoms. The van der Waals surface area contributed by atoms with Crippen molar-refractivity contribution in [1.82, 2.24) is 0 Å². The van der Waals surface area contributed by atoms with Gasteiger partial charge in [0.15, 0.2) is 0 Å². The highest BCUT2D eigenvalue weighted by atomic mass is 14.1. The number of hydrogen-bond acceptors (Lipinski definition) is 0. The Morgan fingerprint density at radius 3 is 1.79 bits per heavy atom. The first-order valence-corrected chi connectivity index (χ1v) is 9.75. The summed E-state index contributed by atoms with van der Waals surface area (Å²) >= 11 is 0. The monoisotopic (exact) mass is 322 g/mol. The molecule has 0 radical (unpaired) electrons. The third-order valence-corrected chi connectivity index (χ3v) is 4.83. The zero-order chi connectivity index (χ0) is 17.4. The molecular formula is C24H34. The molecule has 130 valence electrons. The van der Waals surface area contributed by atoms with Gasteiger partial charge in [-0.1, -0.05) is 89.1 Å². The van der Waals surface area contributed by atoms with E-state index in [1.165, 1.54) is 54.4 Å². The van der Waals surface area contributed by atoms with Crippen LogP contribution in [-0.4, -0.2) is 0 Å². The Morgan fingerprint density at radius 1 is 0.667 bits per heavy atom. The van der Waals surface area contributed by atoms with E-state index in [0.29, 0.717) is 5.92 Å². The van der Waals surface area contributed by atoms with Crippen molar-refractivity contribution in [2.24, 2.45) is 5.92 Å². The molecule has 0 heteroatoms. The van der Waals surface area contributed by atoms with Gasteiger partial charge in [0, 0.05) is 0 Å². The minimum absolute atomic E-state index is 0.573. The Morgan fingerprint density at radius 2 is 1.21 bits per heavy atom. The van der Waals surface area contributed by atoms with Gasteiger partial charge in [-0.05, 0) is 59.8 Å². The van der Waals surface area contributed by atoms with Crippen LogP contribution in [0.4, 0.5) is 0 Å². The number of hydrogen-bond donors (Lipinski definition) is 0. The van der Waals surface area contributed by atoms with Crippen molar-refractivity contribution in [3.63, 3.8) is 0 Å². The van der Waals surface area contributed by atoms with Gasteiger partial charge in [-0.25, -0.2) is 0 Å². The number of unbranched alkanes of at least 4 members (excludes halogenated alkanes) is 2. The molecule has 0 aromatic heterocycles. The molecule has 2 rings (SSSR count). The third-order valence-electron chi connectivity index (χ3n) is 4.83. The first-order valence-electron chi connectivity index (χ1n) is 9.75. The van der Waals surface area contributed by atoms with Gasteiger partial charge >= 0.3 is 0 Å². The summed E-state index contributed by atoms with van der Waals surface area (Å²) in [4.78, 5) is 0. The predicted molar refractivity (Wildman–Crippen MR) is 107 cm³/mol. The first-order chi connectivity index (χ1) is 11.6. The predicted octanol–water partition coefficient (Wildman–Crippen LogP) is 6.96. The second kappa shape index (κ2) is 9.67. The van der Waals surface area contributed by atoms with Crippen molar-refractivity contribution in [3.05, 3.63) is 70.8 Å². The molecule has 0 aliphatic heterocycles. The van der Waals surface area contributed by atoms with Gasteiger partial charge in [0.1, 0.15) is 0 Å². The van der Waals surface area contributed by atoms with Crippen LogP contribution >= 0.6 is 0 Å². The summed E-state index contributed by atoms with van der Waals surface area (Å²) in [7, 11) is 0. The maximum absolute atomic E-state index is 2.34. The average Bonchev–Trinajstić information content (AvgIpc) is 2.57. The summed E-state index contributed by atoms with van der Waals surface area (Å²) in [6.07, 6.45) is 7.47. The molecule has 0 saturated heterocycles. The van der Waals surface area contributed by atoms with Crippen LogP contribution in [0.1, 0.15) is 75.1 Å². The van der Waals surface area contributed by atoms with Crippen LogP contribution in [0.25, 0.3) is 0 Å². The Labute approximate surface area is 149 Å². The van der Waals surface area contributed by atoms with Crippen molar-refractivity contribution in [2.75, 3.05) is 0 Å². The highest BCUT2D eigenvalue weighted by Crippen LogP contribution is 2.22. The van der Waals surface area contributed by atoms with E-state index in [1.807, 2.05) is 0 Å². The minimum atomic E-state index is 0.573. The van der Waals surface area contributed by atoms with Gasteiger partial charge in [0.05, 0.1) is 0 Å². The molecule has 0 unspecified atom stereocenters. The quantitative estimate of drug-likeness (QED) is 0.437. The van der Waals surface area contributed by atoms with Gasteiger partial charge in [-0.15, -0.1) is 0 Å². The maximum atomic E-state index is 2.34. The normalized spacial score (nSPS) is 12.5. The van der Waals surface area contributed by atoms with Crippen molar-refractivity contribution >= 4 is 0 Å². The number of rotatable bonds is 9. The summed E-state index contributed by atoms with van der Waals surface area (Å²) in [6.45, 7) is 9.16. The second-order valence-electron chi connectivity index (χ2n) is 7.72. The topological polar surface area (TPSA) is 0 Å². The molecule has 0 aliphatic rings. The van der Waals surface area contributed by atoms with E-state index in [0.717, 1.165) is 12.3 Å². The van der Waals surface area contributed by atoms with Gasteiger partial charge in [0.25, 0.3) is 0 Å². The van der Waals surface area contributed by atoms with Crippen molar-refractivity contribution in [3.8, 4) is 0 Å². The van der Waals surface area contributed by atoms with E-state index < -0.39 is 0 Å². The van der Waals surface area contributed by atoms with Gasteiger partial charge in [-0.2, -0.15) is 0 Å². The Balaban J connectivity index is 1.90.